The van der Waals surface area contributed by atoms with E-state index in [4.69, 9.17) is 20.1 Å². The normalized spacial score (nSPS) is 21.5. The van der Waals surface area contributed by atoms with Gasteiger partial charge < -0.3 is 15.9 Å². The third-order valence-electron chi connectivity index (χ3n) is 0.609. The van der Waals surface area contributed by atoms with Crippen LogP contribution in [0.4, 0.5) is 0 Å². The van der Waals surface area contributed by atoms with Gasteiger partial charge in [0, 0.05) is 10.1 Å². The lowest BCUT2D eigenvalue weighted by atomic mass is 10.5. The number of hydrogen-bond donors (Lipinski definition) is 3. The lowest BCUT2D eigenvalue weighted by Gasteiger charge is -2.02. The van der Waals surface area contributed by atoms with Crippen LogP contribution < -0.4 is 5.73 Å². The van der Waals surface area contributed by atoms with Crippen molar-refractivity contribution in [3.8, 4) is 0 Å². The van der Waals surface area contributed by atoms with Crippen LogP contribution in [0.1, 0.15) is 16.9 Å². The zero-order valence-corrected chi connectivity index (χ0v) is 5.00. The van der Waals surface area contributed by atoms with Gasteiger partial charge in [0.1, 0.15) is 0 Å². The van der Waals surface area contributed by atoms with Gasteiger partial charge >= 0.3 is 11.9 Å². The molecule has 0 aromatic carbocycles. The molecule has 0 aromatic heterocycles. The number of rotatable bonds is 4. The fraction of sp³-hybridized carbons (Fsp3) is 0.600. The van der Waals surface area contributed by atoms with Crippen molar-refractivity contribution in [2.75, 3.05) is 0 Å². The summed E-state index contributed by atoms with van der Waals surface area (Å²) in [6.45, 7) is 0. The Bertz CT molecular complexity index is 240. The molecule has 10 heavy (non-hydrogen) atoms. The second kappa shape index (κ2) is 3.84. The van der Waals surface area contributed by atoms with E-state index in [9.17, 15) is 9.59 Å². The van der Waals surface area contributed by atoms with Crippen LogP contribution in [-0.2, 0) is 9.59 Å². The van der Waals surface area contributed by atoms with E-state index >= 15 is 0 Å². The summed E-state index contributed by atoms with van der Waals surface area (Å²) >= 11 is 0. The second-order valence-corrected chi connectivity index (χ2v) is 1.53. The average Bonchev–Trinajstić information content (AvgIpc) is 1.83. The molecule has 5 heteroatoms. The number of carboxylic acids is 2. The number of hydrogen-bond acceptors (Lipinski definition) is 3. The zero-order chi connectivity index (χ0) is 10.9. The lowest BCUT2D eigenvalue weighted by molar-refractivity contribution is -0.139. The van der Waals surface area contributed by atoms with E-state index in [0.717, 1.165) is 0 Å². The van der Waals surface area contributed by atoms with Crippen LogP contribution in [0, 0.1) is 0 Å². The Morgan fingerprint density at radius 3 is 2.40 bits per heavy atom. The molecule has 0 saturated carbocycles. The lowest BCUT2D eigenvalue weighted by Crippen LogP contribution is -2.26. The molecule has 5 nitrogen and oxygen atoms in total. The Kier molecular flexibility index (Phi) is 1.79. The van der Waals surface area contributed by atoms with Gasteiger partial charge in [-0.15, -0.1) is 0 Å². The first-order valence-electron chi connectivity index (χ1n) is 3.85. The molecule has 0 fully saturated rings. The molecule has 0 aliphatic carbocycles. The number of nitrogens with two attached hydrogens (primary N) is 1. The summed E-state index contributed by atoms with van der Waals surface area (Å²) in [6.07, 6.45) is -4.17. The maximum absolute atomic E-state index is 10.3. The molecule has 0 heterocycles. The number of aliphatic carboxylic acids is 2. The summed E-state index contributed by atoms with van der Waals surface area (Å²) in [5.74, 6) is -3.48. The molecular formula is C5H9NO4. The van der Waals surface area contributed by atoms with Crippen LogP contribution in [0.2, 0.25) is 0 Å². The highest BCUT2D eigenvalue weighted by atomic mass is 16.4. The molecule has 1 atom stereocenters. The first-order chi connectivity index (χ1) is 5.61. The molecule has 1 unspecified atom stereocenters. The molecule has 0 radical (unpaired) electrons. The summed E-state index contributed by atoms with van der Waals surface area (Å²) in [4.78, 5) is 20.4. The van der Waals surface area contributed by atoms with Gasteiger partial charge in [-0.3, -0.25) is 9.59 Å². The minimum absolute atomic E-state index is 1.08. The largest absolute Gasteiger partial charge is 0.481 e. The molecule has 0 aromatic rings. The topological polar surface area (TPSA) is 101 Å². The van der Waals surface area contributed by atoms with Crippen LogP contribution in [-0.4, -0.2) is 28.2 Å². The Labute approximate surface area is 61.7 Å². The monoisotopic (exact) mass is 152 g/mol. The van der Waals surface area contributed by atoms with Gasteiger partial charge in [-0.25, -0.2) is 0 Å². The Balaban J connectivity index is 4.80. The van der Waals surface area contributed by atoms with Gasteiger partial charge in [0.05, 0.1) is 12.8 Å². The molecule has 0 saturated heterocycles. The van der Waals surface area contributed by atoms with Crippen LogP contribution in [0.25, 0.3) is 0 Å². The summed E-state index contributed by atoms with van der Waals surface area (Å²) < 4.78 is 20.8. The van der Waals surface area contributed by atoms with Gasteiger partial charge in [0.2, 0.25) is 0 Å². The Hall–Kier alpha value is -1.10. The highest BCUT2D eigenvalue weighted by Crippen LogP contribution is 1.93. The van der Waals surface area contributed by atoms with Crippen LogP contribution in [0.15, 0.2) is 0 Å². The van der Waals surface area contributed by atoms with Gasteiger partial charge in [-0.05, 0) is 0 Å². The summed E-state index contributed by atoms with van der Waals surface area (Å²) in [5, 5.41) is 16.6. The first-order valence-corrected chi connectivity index (χ1v) is 2.35. The smallest absolute Gasteiger partial charge is 0.304 e. The minimum atomic E-state index is -3.09. The SMILES string of the molecule is [2H][13C](N)(CC(=O)O)[13C]([2H])([2H])C(=O)O. The predicted octanol–water partition coefficient (Wildman–Crippen LogP) is -0.737. The molecule has 0 bridgehead atoms. The fourth-order valence-electron chi connectivity index (χ4n) is 0.344. The molecule has 0 amide bonds. The van der Waals surface area contributed by atoms with Crippen molar-refractivity contribution in [1.29, 1.82) is 0 Å². The van der Waals surface area contributed by atoms with Crippen molar-refractivity contribution in [2.45, 2.75) is 18.8 Å². The van der Waals surface area contributed by atoms with E-state index in [0.29, 0.717) is 0 Å². The van der Waals surface area contributed by atoms with E-state index in [1.165, 1.54) is 0 Å². The summed E-state index contributed by atoms with van der Waals surface area (Å²) in [7, 11) is 0. The molecule has 0 aliphatic heterocycles. The van der Waals surface area contributed by atoms with Crippen LogP contribution >= 0.6 is 0 Å². The third kappa shape index (κ3) is 5.04. The van der Waals surface area contributed by atoms with Gasteiger partial charge in [0.15, 0.2) is 0 Å². The summed E-state index contributed by atoms with van der Waals surface area (Å²) in [5.41, 5.74) is 4.93. The molecule has 0 aliphatic rings. The van der Waals surface area contributed by atoms with E-state index in [1.807, 2.05) is 0 Å². The fourth-order valence-corrected chi connectivity index (χ4v) is 0.344. The van der Waals surface area contributed by atoms with Crippen molar-refractivity contribution in [3.05, 3.63) is 0 Å². The number of carbonyl (C=O) groups is 2. The predicted molar refractivity (Wildman–Crippen MR) is 32.5 cm³/mol. The van der Waals surface area contributed by atoms with Gasteiger partial charge in [-0.2, -0.15) is 0 Å². The van der Waals surface area contributed by atoms with E-state index in [1.54, 1.807) is 0 Å². The van der Waals surface area contributed by atoms with E-state index in [-0.39, 0.29) is 0 Å². The van der Waals surface area contributed by atoms with Crippen molar-refractivity contribution >= 4 is 11.9 Å². The van der Waals surface area contributed by atoms with Crippen LogP contribution in [0.3, 0.4) is 0 Å². The van der Waals surface area contributed by atoms with Crippen molar-refractivity contribution in [2.24, 2.45) is 5.73 Å². The van der Waals surface area contributed by atoms with Crippen molar-refractivity contribution in [3.63, 3.8) is 0 Å². The average molecular weight is 152 g/mol. The van der Waals surface area contributed by atoms with E-state index < -0.39 is 30.8 Å². The van der Waals surface area contributed by atoms with Crippen molar-refractivity contribution in [1.82, 2.24) is 0 Å². The van der Waals surface area contributed by atoms with Crippen molar-refractivity contribution < 1.29 is 23.9 Å². The second-order valence-electron chi connectivity index (χ2n) is 1.53. The third-order valence-corrected chi connectivity index (χ3v) is 0.609. The standard InChI is InChI=1S/C5H9NO4/c6-3(1-4(7)8)2-5(9)10/h3H,1-2,6H2,(H,7,8)(H,9,10)/i1+1D2,3+1D. The molecule has 0 spiro atoms. The quantitative estimate of drug-likeness (QED) is 0.461. The molecule has 58 valence electrons. The Morgan fingerprint density at radius 2 is 2.10 bits per heavy atom. The highest BCUT2D eigenvalue weighted by Gasteiger charge is 2.10. The Morgan fingerprint density at radius 1 is 1.60 bits per heavy atom. The highest BCUT2D eigenvalue weighted by molar-refractivity contribution is 5.71. The zero-order valence-electron chi connectivity index (χ0n) is 8.00. The van der Waals surface area contributed by atoms with Gasteiger partial charge in [-0.1, -0.05) is 0 Å². The molecular weight excluding hydrogens is 140 g/mol. The molecule has 4 N–H and O–H groups in total. The maximum Gasteiger partial charge on any atom is 0.304 e. The number of carboxylic acid groups (broad SMARTS) is 2. The van der Waals surface area contributed by atoms with E-state index in [2.05, 4.69) is 0 Å². The maximum atomic E-state index is 10.3. The summed E-state index contributed by atoms with van der Waals surface area (Å²) in [6, 6.07) is -2.68. The van der Waals surface area contributed by atoms with Gasteiger partial charge in [0.25, 0.3) is 0 Å². The first kappa shape index (κ1) is 4.68. The minimum Gasteiger partial charge on any atom is -0.481 e. The van der Waals surface area contributed by atoms with Crippen LogP contribution in [0.5, 0.6) is 0 Å². The molecule has 0 rings (SSSR count).